The summed E-state index contributed by atoms with van der Waals surface area (Å²) >= 11 is 0. The molecule has 208 valence electrons. The Morgan fingerprint density at radius 2 is 1.03 bits per heavy atom. The van der Waals surface area contributed by atoms with Crippen molar-refractivity contribution in [2.24, 2.45) is 0 Å². The number of hydrogen-bond acceptors (Lipinski definition) is 5. The Hall–Kier alpha value is -2.45. The average Bonchev–Trinajstić information content (AvgIpc) is 3.48. The van der Waals surface area contributed by atoms with Gasteiger partial charge in [0.1, 0.15) is 24.8 Å². The molecular weight excluding hydrogens is 577 g/mol. The number of imidazole rings is 2. The first-order chi connectivity index (χ1) is 17.8. The van der Waals surface area contributed by atoms with E-state index in [-0.39, 0.29) is 41.9 Å². The van der Waals surface area contributed by atoms with E-state index in [1.807, 2.05) is 54.6 Å². The van der Waals surface area contributed by atoms with Gasteiger partial charge in [0.05, 0.1) is 22.1 Å². The van der Waals surface area contributed by atoms with Gasteiger partial charge in [-0.15, -0.1) is 0 Å². The second-order valence-corrected chi connectivity index (χ2v) is 8.89. The topological polar surface area (TPSA) is 67.0 Å². The van der Waals surface area contributed by atoms with Crippen molar-refractivity contribution in [2.45, 2.75) is 53.0 Å². The van der Waals surface area contributed by atoms with Gasteiger partial charge in [0, 0.05) is 13.2 Å². The molecule has 0 saturated heterocycles. The summed E-state index contributed by atoms with van der Waals surface area (Å²) in [6, 6.07) is 22.3. The molecule has 0 fully saturated rings. The minimum atomic E-state index is 0. The zero-order valence-corrected chi connectivity index (χ0v) is 24.8. The molecule has 0 aliphatic heterocycles. The molecule has 5 rings (SSSR count). The SMILES string of the molecule is CCCCOCn1c(-c2cccc(-c3nc4ccccc4n3COCCCC)n2)nc2ccccc21.[Cl-].[Cl-].[Fe+2]. The predicted octanol–water partition coefficient (Wildman–Crippen LogP) is 0.669. The second kappa shape index (κ2) is 16.0. The van der Waals surface area contributed by atoms with Gasteiger partial charge in [-0.1, -0.05) is 57.0 Å². The number of unbranched alkanes of at least 4 members (excludes halogenated alkanes) is 2. The van der Waals surface area contributed by atoms with Gasteiger partial charge in [0.15, 0.2) is 11.6 Å². The summed E-state index contributed by atoms with van der Waals surface area (Å²) < 4.78 is 16.2. The number of rotatable bonds is 12. The molecule has 39 heavy (non-hydrogen) atoms. The number of pyridine rings is 1. The standard InChI is InChI=1S/C29H33N5O2.2ClH.Fe/c1-3-5-18-35-20-33-26-16-9-7-12-22(26)31-28(33)24-14-11-15-25(30-24)29-32-23-13-8-10-17-27(23)34(29)21-36-19-6-4-2;;;/h7-17H,3-6,18-21H2,1-2H3;2*1H;/q;;;+2/p-2. The van der Waals surface area contributed by atoms with Crippen LogP contribution in [-0.4, -0.2) is 37.3 Å². The van der Waals surface area contributed by atoms with E-state index in [0.717, 1.165) is 84.0 Å². The minimum absolute atomic E-state index is 0. The first-order valence-electron chi connectivity index (χ1n) is 12.8. The van der Waals surface area contributed by atoms with Crippen LogP contribution in [-0.2, 0) is 40.0 Å². The van der Waals surface area contributed by atoms with Crippen molar-refractivity contribution in [1.29, 1.82) is 0 Å². The number of hydrogen-bond donors (Lipinski definition) is 0. The monoisotopic (exact) mass is 609 g/mol. The molecule has 0 amide bonds. The van der Waals surface area contributed by atoms with Gasteiger partial charge in [0.25, 0.3) is 0 Å². The quantitative estimate of drug-likeness (QED) is 0.154. The fourth-order valence-corrected chi connectivity index (χ4v) is 4.29. The van der Waals surface area contributed by atoms with E-state index < -0.39 is 0 Å². The van der Waals surface area contributed by atoms with E-state index in [1.54, 1.807) is 0 Å². The summed E-state index contributed by atoms with van der Waals surface area (Å²) in [5.74, 6) is 1.58. The van der Waals surface area contributed by atoms with E-state index >= 15 is 0 Å². The summed E-state index contributed by atoms with van der Waals surface area (Å²) in [7, 11) is 0. The molecule has 0 atom stereocenters. The molecule has 0 N–H and O–H groups in total. The van der Waals surface area contributed by atoms with Gasteiger partial charge < -0.3 is 34.3 Å². The molecule has 10 heteroatoms. The van der Waals surface area contributed by atoms with Gasteiger partial charge >= 0.3 is 17.1 Å². The van der Waals surface area contributed by atoms with Crippen LogP contribution in [0.4, 0.5) is 0 Å². The Kier molecular flexibility index (Phi) is 13.4. The van der Waals surface area contributed by atoms with Crippen molar-refractivity contribution in [3.8, 4) is 23.0 Å². The Balaban J connectivity index is 0.00000178. The zero-order chi connectivity index (χ0) is 24.7. The van der Waals surface area contributed by atoms with Crippen molar-refractivity contribution < 1.29 is 51.4 Å². The van der Waals surface area contributed by atoms with Crippen LogP contribution in [0.2, 0.25) is 0 Å². The fourth-order valence-electron chi connectivity index (χ4n) is 4.29. The summed E-state index contributed by atoms with van der Waals surface area (Å²) in [5, 5.41) is 0. The van der Waals surface area contributed by atoms with Crippen LogP contribution in [0.15, 0.2) is 66.7 Å². The molecule has 0 saturated carbocycles. The van der Waals surface area contributed by atoms with Crippen LogP contribution < -0.4 is 24.8 Å². The normalized spacial score (nSPS) is 10.7. The van der Waals surface area contributed by atoms with Crippen LogP contribution in [0.5, 0.6) is 0 Å². The molecule has 0 aliphatic carbocycles. The smallest absolute Gasteiger partial charge is 1.00 e. The molecule has 0 spiro atoms. The van der Waals surface area contributed by atoms with E-state index in [4.69, 9.17) is 24.4 Å². The minimum Gasteiger partial charge on any atom is -1.00 e. The van der Waals surface area contributed by atoms with Crippen LogP contribution in [0.1, 0.15) is 39.5 Å². The maximum atomic E-state index is 5.99. The number of para-hydroxylation sites is 4. The van der Waals surface area contributed by atoms with Crippen molar-refractivity contribution >= 4 is 22.1 Å². The maximum Gasteiger partial charge on any atom is 2.00 e. The Morgan fingerprint density at radius 1 is 0.590 bits per heavy atom. The van der Waals surface area contributed by atoms with E-state index in [9.17, 15) is 0 Å². The first kappa shape index (κ1) is 32.8. The molecule has 2 aromatic carbocycles. The van der Waals surface area contributed by atoms with Crippen molar-refractivity contribution in [3.05, 3.63) is 66.7 Å². The van der Waals surface area contributed by atoms with Crippen LogP contribution in [0.25, 0.3) is 45.1 Å². The number of halogens is 2. The van der Waals surface area contributed by atoms with Crippen LogP contribution in [0.3, 0.4) is 0 Å². The number of nitrogens with zero attached hydrogens (tertiary/aromatic N) is 5. The van der Waals surface area contributed by atoms with Crippen LogP contribution in [0, 0.1) is 0 Å². The molecule has 3 aromatic heterocycles. The van der Waals surface area contributed by atoms with E-state index in [1.165, 1.54) is 0 Å². The maximum absolute atomic E-state index is 5.99. The molecule has 0 unspecified atom stereocenters. The van der Waals surface area contributed by atoms with Gasteiger partial charge in [0.2, 0.25) is 0 Å². The van der Waals surface area contributed by atoms with Crippen LogP contribution >= 0.6 is 0 Å². The largest absolute Gasteiger partial charge is 2.00 e. The first-order valence-corrected chi connectivity index (χ1v) is 12.8. The summed E-state index contributed by atoms with van der Waals surface area (Å²) in [6.07, 6.45) is 4.27. The van der Waals surface area contributed by atoms with Crippen molar-refractivity contribution in [2.75, 3.05) is 13.2 Å². The predicted molar refractivity (Wildman–Crippen MR) is 143 cm³/mol. The second-order valence-electron chi connectivity index (χ2n) is 8.89. The Bertz CT molecular complexity index is 1350. The molecule has 3 heterocycles. The zero-order valence-electron chi connectivity index (χ0n) is 22.2. The Labute approximate surface area is 252 Å². The van der Waals surface area contributed by atoms with Crippen molar-refractivity contribution in [3.63, 3.8) is 0 Å². The van der Waals surface area contributed by atoms with Gasteiger partial charge in [-0.05, 0) is 49.2 Å². The number of ether oxygens (including phenoxy) is 2. The van der Waals surface area contributed by atoms with E-state index in [0.29, 0.717) is 13.5 Å². The third-order valence-electron chi connectivity index (χ3n) is 6.24. The number of aromatic nitrogens is 5. The van der Waals surface area contributed by atoms with Gasteiger partial charge in [-0.25, -0.2) is 15.0 Å². The molecule has 5 aromatic rings. The van der Waals surface area contributed by atoms with Crippen molar-refractivity contribution in [1.82, 2.24) is 24.1 Å². The summed E-state index contributed by atoms with van der Waals surface area (Å²) in [4.78, 5) is 14.9. The molecular formula is C29H33Cl2FeN5O2. The summed E-state index contributed by atoms with van der Waals surface area (Å²) in [6.45, 7) is 6.64. The van der Waals surface area contributed by atoms with Gasteiger partial charge in [-0.3, -0.25) is 9.13 Å². The molecule has 0 aliphatic rings. The van der Waals surface area contributed by atoms with Gasteiger partial charge in [-0.2, -0.15) is 0 Å². The fraction of sp³-hybridized carbons (Fsp3) is 0.345. The molecule has 7 nitrogen and oxygen atoms in total. The molecule has 0 bridgehead atoms. The van der Waals surface area contributed by atoms with E-state index in [2.05, 4.69) is 35.1 Å². The Morgan fingerprint density at radius 3 is 1.46 bits per heavy atom. The third kappa shape index (κ3) is 7.40. The molecule has 0 radical (unpaired) electrons. The number of fused-ring (bicyclic) bond motifs is 2. The third-order valence-corrected chi connectivity index (χ3v) is 6.24. The number of benzene rings is 2. The summed E-state index contributed by atoms with van der Waals surface area (Å²) in [5.41, 5.74) is 5.49. The average molecular weight is 610 g/mol.